The van der Waals surface area contributed by atoms with Gasteiger partial charge in [-0.1, -0.05) is 0 Å². The first kappa shape index (κ1) is 68.8. The molecule has 0 aliphatic heterocycles. The van der Waals surface area contributed by atoms with E-state index in [1.165, 1.54) is 0 Å². The average Bonchev–Trinajstić information content (AvgIpc) is 3.35. The summed E-state index contributed by atoms with van der Waals surface area (Å²) in [5.74, 6) is -3.41. The number of rotatable bonds is 47. The van der Waals surface area contributed by atoms with Crippen molar-refractivity contribution in [3.8, 4) is 0 Å². The van der Waals surface area contributed by atoms with Crippen molar-refractivity contribution >= 4 is 93.9 Å². The fourth-order valence-electron chi connectivity index (χ4n) is 4.52. The summed E-state index contributed by atoms with van der Waals surface area (Å²) >= 11 is 8.95. The van der Waals surface area contributed by atoms with E-state index in [9.17, 15) is 43.3 Å². The van der Waals surface area contributed by atoms with E-state index in [1.54, 1.807) is 0 Å². The maximum atomic E-state index is 12.4. The number of carbonyl (C=O) groups is 5. The van der Waals surface area contributed by atoms with Crippen molar-refractivity contribution in [3.63, 3.8) is 0 Å². The third-order valence-electron chi connectivity index (χ3n) is 7.48. The van der Waals surface area contributed by atoms with Crippen molar-refractivity contribution in [3.05, 3.63) is 12.8 Å². The van der Waals surface area contributed by atoms with Crippen molar-refractivity contribution < 1.29 is 164 Å². The SMILES string of the molecule is C=COC(C(COCCOC(=O)C[CH2][Co](=[O])[NH]S)OCCOC(=O)C[CH2][Co](=[O])[NH]S)C(OCCOC(=O)C[CH2][Co](=[O])[NH]S)C(COCCOC(=O)C[CH2][Co](=[O])[NH]S)OCCOC(=O)C[CH2][Co](=[O])[NH]S. The quantitative estimate of drug-likeness (QED) is 0.0134. The molecule has 0 radical (unpaired) electrons. The molecule has 0 aromatic rings. The molecule has 0 aliphatic rings. The van der Waals surface area contributed by atoms with Crippen LogP contribution < -0.4 is 18.9 Å². The van der Waals surface area contributed by atoms with Crippen LogP contribution in [0, 0.1) is 0 Å². The Morgan fingerprint density at radius 1 is 0.406 bits per heavy atom. The summed E-state index contributed by atoms with van der Waals surface area (Å²) in [6, 6.07) is 0. The van der Waals surface area contributed by atoms with Crippen LogP contribution in [-0.2, 0) is 164 Å². The second-order valence-electron chi connectivity index (χ2n) is 12.0. The standard InChI is InChI=1S/C33H51O16.5Co.5H2NS.5O/c1-7-27(34)44-15-13-39-23-25(42-17-19-46-29(36)9-3)32(41-12-6)33(49-22-21-48-31(38)11-5)26(43-18-20-47-30(37)10-4)24-40-14-16-45-28(35)8-2;;;;;;5*1-2;;;;;/h12,25-26,32-33H,1-11,13-24H2;;;;;;5*1-2H;;;;;/q;5*+1;5*-1;;;;;. The fraction of sp³-hybridized carbons (Fsp3) is 0.788. The van der Waals surface area contributed by atoms with Crippen molar-refractivity contribution in [1.82, 2.24) is 18.9 Å². The summed E-state index contributed by atoms with van der Waals surface area (Å²) in [4.78, 5) is 61.5. The Morgan fingerprint density at radius 2 is 0.667 bits per heavy atom. The monoisotopic (exact) mass is 1320 g/mol. The van der Waals surface area contributed by atoms with E-state index in [0.29, 0.717) is 0 Å². The molecule has 0 spiro atoms. The second-order valence-corrected chi connectivity index (χ2v) is 23.3. The molecule has 0 aliphatic carbocycles. The van der Waals surface area contributed by atoms with Crippen molar-refractivity contribution in [1.29, 1.82) is 0 Å². The van der Waals surface area contributed by atoms with Crippen molar-refractivity contribution in [2.75, 3.05) is 79.3 Å². The Bertz CT molecular complexity index is 1630. The van der Waals surface area contributed by atoms with Gasteiger partial charge in [0.1, 0.15) is 0 Å². The summed E-state index contributed by atoms with van der Waals surface area (Å²) in [5.41, 5.74) is 0. The van der Waals surface area contributed by atoms with Gasteiger partial charge in [-0.05, 0) is 0 Å². The molecule has 0 heterocycles. The van der Waals surface area contributed by atoms with E-state index in [0.717, 1.165) is 6.26 Å². The summed E-state index contributed by atoms with van der Waals surface area (Å²) < 4.78 is 132. The van der Waals surface area contributed by atoms with Gasteiger partial charge in [0.05, 0.1) is 0 Å². The van der Waals surface area contributed by atoms with Crippen LogP contribution in [0.25, 0.3) is 0 Å². The predicted molar refractivity (Wildman–Crippen MR) is 232 cm³/mol. The van der Waals surface area contributed by atoms with E-state index in [1.807, 2.05) is 0 Å². The van der Waals surface area contributed by atoms with E-state index >= 15 is 0 Å². The van der Waals surface area contributed by atoms with E-state index < -0.39 is 123 Å². The molecule has 4 unspecified atom stereocenters. The summed E-state index contributed by atoms with van der Waals surface area (Å²) in [6.45, 7) is 0.334. The van der Waals surface area contributed by atoms with Crippen LogP contribution in [0.3, 0.4) is 0 Å². The Hall–Kier alpha value is -0.228. The minimum absolute atomic E-state index is 0.0214. The first-order valence-electron chi connectivity index (χ1n) is 19.5. The van der Waals surface area contributed by atoms with Crippen LogP contribution in [0.5, 0.6) is 0 Å². The number of nitrogens with one attached hydrogen (secondary N) is 5. The van der Waals surface area contributed by atoms with E-state index in [4.69, 9.17) is 52.1 Å². The third kappa shape index (κ3) is 38.9. The second kappa shape index (κ2) is 46.3. The molecule has 0 rings (SSSR count). The molecule has 26 nitrogen and oxygen atoms in total. The number of hydrogen-bond donors (Lipinski definition) is 10. The van der Waals surface area contributed by atoms with Gasteiger partial charge in [0.2, 0.25) is 0 Å². The van der Waals surface area contributed by atoms with Crippen LogP contribution in [-0.4, -0.2) is 134 Å². The summed E-state index contributed by atoms with van der Waals surface area (Å²) in [7, 11) is 0. The maximum absolute atomic E-state index is 12.4. The predicted octanol–water partition coefficient (Wildman–Crippen LogP) is 1.03. The number of ether oxygens (including phenoxy) is 11. The third-order valence-corrected chi connectivity index (χ3v) is 15.9. The number of carbonyl (C=O) groups excluding carboxylic acids is 5. The Morgan fingerprint density at radius 3 is 0.942 bits per heavy atom. The van der Waals surface area contributed by atoms with E-state index in [2.05, 4.69) is 89.5 Å². The Kier molecular flexibility index (Phi) is 46.2. The molecule has 69 heavy (non-hydrogen) atoms. The zero-order valence-corrected chi connectivity index (χ0v) is 46.3. The molecule has 4 atom stereocenters. The van der Waals surface area contributed by atoms with Gasteiger partial charge < -0.3 is 0 Å². The normalized spacial score (nSPS) is 14.0. The molecule has 0 aromatic carbocycles. The van der Waals surface area contributed by atoms with Crippen molar-refractivity contribution in [2.24, 2.45) is 0 Å². The molecule has 5 N–H and O–H groups in total. The van der Waals surface area contributed by atoms with Crippen LogP contribution in [0.1, 0.15) is 32.1 Å². The minimum atomic E-state index is -1.95. The van der Waals surface area contributed by atoms with Gasteiger partial charge in [0.15, 0.2) is 0 Å². The molecule has 0 saturated carbocycles. The van der Waals surface area contributed by atoms with Crippen molar-refractivity contribution in [2.45, 2.75) is 83.3 Å². The van der Waals surface area contributed by atoms with Crippen LogP contribution in [0.2, 0.25) is 26.8 Å². The average molecular weight is 1320 g/mol. The van der Waals surface area contributed by atoms with Crippen LogP contribution in [0.4, 0.5) is 0 Å². The molecule has 0 saturated heterocycles. The first-order chi connectivity index (χ1) is 33.1. The zero-order valence-electron chi connectivity index (χ0n) is 36.6. The summed E-state index contributed by atoms with van der Waals surface area (Å²) in [5, 5.41) is -0.208. The first-order valence-corrected chi connectivity index (χ1v) is 30.1. The van der Waals surface area contributed by atoms with Gasteiger partial charge in [-0.2, -0.15) is 0 Å². The van der Waals surface area contributed by atoms with Gasteiger partial charge in [0, 0.05) is 0 Å². The Labute approximate surface area is 448 Å². The van der Waals surface area contributed by atoms with Gasteiger partial charge >= 0.3 is 453 Å². The molecule has 419 valence electrons. The van der Waals surface area contributed by atoms with Gasteiger partial charge in [-0.3, -0.25) is 0 Å². The number of esters is 5. The van der Waals surface area contributed by atoms with Crippen LogP contribution >= 0.6 is 64.1 Å². The zero-order chi connectivity index (χ0) is 51.7. The molecular weight excluding hydrogens is 1260 g/mol. The number of hydrogen-bond acceptors (Lipinski definition) is 26. The Balaban J connectivity index is 6.65. The fourth-order valence-corrected chi connectivity index (χ4v) is 8.88. The van der Waals surface area contributed by atoms with Gasteiger partial charge in [0.25, 0.3) is 0 Å². The van der Waals surface area contributed by atoms with Gasteiger partial charge in [-0.15, -0.1) is 0 Å². The molecule has 0 amide bonds. The molecule has 0 fully saturated rings. The molecule has 0 aromatic heterocycles. The number of thiol groups is 5. The molecular formula is C33H61Co5N5O21S5. The molecule has 36 heteroatoms. The van der Waals surface area contributed by atoms with Crippen LogP contribution in [0.15, 0.2) is 12.8 Å². The summed E-state index contributed by atoms with van der Waals surface area (Å²) in [6.07, 6.45) is -4.84. The molecule has 0 bridgehead atoms. The van der Waals surface area contributed by atoms with Gasteiger partial charge in [-0.25, -0.2) is 0 Å². The topological polar surface area (TPSA) is 332 Å². The van der Waals surface area contributed by atoms with E-state index in [-0.39, 0.29) is 138 Å².